The van der Waals surface area contributed by atoms with Crippen LogP contribution in [0.1, 0.15) is 37.7 Å². The van der Waals surface area contributed by atoms with E-state index in [2.05, 4.69) is 5.32 Å². The predicted octanol–water partition coefficient (Wildman–Crippen LogP) is 3.24. The van der Waals surface area contributed by atoms with Crippen molar-refractivity contribution in [2.24, 2.45) is 0 Å². The first-order valence-corrected chi connectivity index (χ1v) is 6.31. The monoisotopic (exact) mass is 237 g/mol. The van der Waals surface area contributed by atoms with Crippen LogP contribution in [0.3, 0.4) is 0 Å². The Bertz CT molecular complexity index is 386. The van der Waals surface area contributed by atoms with E-state index in [1.54, 1.807) is 13.0 Å². The summed E-state index contributed by atoms with van der Waals surface area (Å²) >= 11 is 0. The lowest BCUT2D eigenvalue weighted by atomic mass is 9.85. The van der Waals surface area contributed by atoms with E-state index in [4.69, 9.17) is 0 Å². The van der Waals surface area contributed by atoms with Crippen molar-refractivity contribution in [3.05, 3.63) is 29.6 Å². The third-order valence-electron chi connectivity index (χ3n) is 3.58. The molecule has 2 N–H and O–H groups in total. The fourth-order valence-electron chi connectivity index (χ4n) is 2.36. The second kappa shape index (κ2) is 5.05. The van der Waals surface area contributed by atoms with Gasteiger partial charge in [0.25, 0.3) is 0 Å². The highest BCUT2D eigenvalue weighted by molar-refractivity contribution is 5.45. The van der Waals surface area contributed by atoms with E-state index >= 15 is 0 Å². The Labute approximate surface area is 102 Å². The summed E-state index contributed by atoms with van der Waals surface area (Å²) in [6.07, 6.45) is 5.06. The minimum Gasteiger partial charge on any atom is -0.388 e. The van der Waals surface area contributed by atoms with E-state index in [-0.39, 0.29) is 5.82 Å². The molecule has 0 amide bonds. The Kier molecular flexibility index (Phi) is 3.67. The molecule has 1 aromatic carbocycles. The smallest absolute Gasteiger partial charge is 0.128 e. The third kappa shape index (κ3) is 3.19. The summed E-state index contributed by atoms with van der Waals surface area (Å²) in [6, 6.07) is 5.09. The van der Waals surface area contributed by atoms with Crippen LogP contribution in [0.5, 0.6) is 0 Å². The molecule has 1 saturated carbocycles. The van der Waals surface area contributed by atoms with Gasteiger partial charge in [0.05, 0.1) is 5.60 Å². The number of rotatable bonds is 3. The van der Waals surface area contributed by atoms with Crippen molar-refractivity contribution in [3.63, 3.8) is 0 Å². The molecule has 0 spiro atoms. The van der Waals surface area contributed by atoms with Gasteiger partial charge in [-0.25, -0.2) is 4.39 Å². The lowest BCUT2D eigenvalue weighted by molar-refractivity contribution is 0.0167. The third-order valence-corrected chi connectivity index (χ3v) is 3.58. The van der Waals surface area contributed by atoms with E-state index < -0.39 is 5.60 Å². The fourth-order valence-corrected chi connectivity index (χ4v) is 2.36. The molecular formula is C14H20FNO. The maximum Gasteiger partial charge on any atom is 0.128 e. The number of aliphatic hydroxyl groups is 1. The van der Waals surface area contributed by atoms with Gasteiger partial charge in [0.15, 0.2) is 0 Å². The van der Waals surface area contributed by atoms with Crippen molar-refractivity contribution < 1.29 is 9.50 Å². The summed E-state index contributed by atoms with van der Waals surface area (Å²) in [6.45, 7) is 2.25. The maximum atomic E-state index is 13.3. The molecule has 0 atom stereocenters. The zero-order valence-electron chi connectivity index (χ0n) is 10.3. The molecule has 0 radical (unpaired) electrons. The Morgan fingerprint density at radius 2 is 2.00 bits per heavy atom. The molecule has 0 saturated heterocycles. The van der Waals surface area contributed by atoms with Crippen molar-refractivity contribution >= 4 is 5.69 Å². The predicted molar refractivity (Wildman–Crippen MR) is 67.7 cm³/mol. The van der Waals surface area contributed by atoms with Crippen molar-refractivity contribution in [2.75, 3.05) is 11.9 Å². The van der Waals surface area contributed by atoms with Gasteiger partial charge in [0.2, 0.25) is 0 Å². The van der Waals surface area contributed by atoms with E-state index in [0.29, 0.717) is 12.1 Å². The Morgan fingerprint density at radius 3 is 2.65 bits per heavy atom. The summed E-state index contributed by atoms with van der Waals surface area (Å²) < 4.78 is 13.3. The first-order chi connectivity index (χ1) is 8.09. The van der Waals surface area contributed by atoms with Gasteiger partial charge >= 0.3 is 0 Å². The zero-order chi connectivity index (χ0) is 12.3. The Morgan fingerprint density at radius 1 is 1.29 bits per heavy atom. The van der Waals surface area contributed by atoms with Crippen LogP contribution in [0.25, 0.3) is 0 Å². The normalized spacial score (nSPS) is 19.0. The molecule has 1 aliphatic rings. The quantitative estimate of drug-likeness (QED) is 0.845. The van der Waals surface area contributed by atoms with Crippen LogP contribution in [-0.2, 0) is 0 Å². The molecule has 0 aliphatic heterocycles. The number of aryl methyl sites for hydroxylation is 1. The summed E-state index contributed by atoms with van der Waals surface area (Å²) in [5.41, 5.74) is 0.776. The number of hydrogen-bond acceptors (Lipinski definition) is 2. The van der Waals surface area contributed by atoms with Crippen LogP contribution in [0.15, 0.2) is 18.2 Å². The number of anilines is 1. The number of halogens is 1. The molecule has 17 heavy (non-hydrogen) atoms. The van der Waals surface area contributed by atoms with Gasteiger partial charge in [-0.1, -0.05) is 25.3 Å². The number of nitrogens with one attached hydrogen (secondary N) is 1. The summed E-state index contributed by atoms with van der Waals surface area (Å²) in [5, 5.41) is 13.4. The van der Waals surface area contributed by atoms with Gasteiger partial charge in [-0.15, -0.1) is 0 Å². The Hall–Kier alpha value is -1.09. The molecule has 0 bridgehead atoms. The standard InChI is InChI=1S/C14H20FNO/c1-11-5-6-12(9-13(11)15)16-10-14(17)7-3-2-4-8-14/h5-6,9,16-17H,2-4,7-8,10H2,1H3. The summed E-state index contributed by atoms with van der Waals surface area (Å²) in [7, 11) is 0. The highest BCUT2D eigenvalue weighted by Gasteiger charge is 2.28. The molecule has 1 fully saturated rings. The van der Waals surface area contributed by atoms with Crippen LogP contribution in [0.4, 0.5) is 10.1 Å². The molecule has 0 heterocycles. The molecule has 2 rings (SSSR count). The number of hydrogen-bond donors (Lipinski definition) is 2. The van der Waals surface area contributed by atoms with Crippen LogP contribution < -0.4 is 5.32 Å². The van der Waals surface area contributed by atoms with Crippen LogP contribution in [0, 0.1) is 12.7 Å². The molecular weight excluding hydrogens is 217 g/mol. The van der Waals surface area contributed by atoms with E-state index in [1.165, 1.54) is 12.5 Å². The van der Waals surface area contributed by atoms with Crippen LogP contribution >= 0.6 is 0 Å². The molecule has 3 heteroatoms. The zero-order valence-corrected chi connectivity index (χ0v) is 10.3. The minimum atomic E-state index is -0.611. The van der Waals surface area contributed by atoms with E-state index in [0.717, 1.165) is 31.4 Å². The molecule has 1 aliphatic carbocycles. The number of benzene rings is 1. The topological polar surface area (TPSA) is 32.3 Å². The average Bonchev–Trinajstić information content (AvgIpc) is 2.32. The van der Waals surface area contributed by atoms with Crippen molar-refractivity contribution in [1.29, 1.82) is 0 Å². The average molecular weight is 237 g/mol. The highest BCUT2D eigenvalue weighted by atomic mass is 19.1. The van der Waals surface area contributed by atoms with Gasteiger partial charge in [0, 0.05) is 12.2 Å². The van der Waals surface area contributed by atoms with Crippen molar-refractivity contribution in [2.45, 2.75) is 44.6 Å². The van der Waals surface area contributed by atoms with E-state index in [1.807, 2.05) is 6.07 Å². The lowest BCUT2D eigenvalue weighted by Crippen LogP contribution is -2.38. The molecule has 2 nitrogen and oxygen atoms in total. The second-order valence-electron chi connectivity index (χ2n) is 5.10. The van der Waals surface area contributed by atoms with Gasteiger partial charge in [-0.05, 0) is 37.5 Å². The molecule has 1 aromatic rings. The van der Waals surface area contributed by atoms with Crippen LogP contribution in [-0.4, -0.2) is 17.3 Å². The second-order valence-corrected chi connectivity index (χ2v) is 5.10. The summed E-state index contributed by atoms with van der Waals surface area (Å²) in [5.74, 6) is -0.203. The highest BCUT2D eigenvalue weighted by Crippen LogP contribution is 2.28. The van der Waals surface area contributed by atoms with Gasteiger partial charge in [0.1, 0.15) is 5.82 Å². The maximum absolute atomic E-state index is 13.3. The van der Waals surface area contributed by atoms with Crippen molar-refractivity contribution in [1.82, 2.24) is 0 Å². The van der Waals surface area contributed by atoms with Crippen molar-refractivity contribution in [3.8, 4) is 0 Å². The first kappa shape index (κ1) is 12.4. The molecule has 94 valence electrons. The fraction of sp³-hybridized carbons (Fsp3) is 0.571. The molecule has 0 unspecified atom stereocenters. The molecule has 0 aromatic heterocycles. The largest absolute Gasteiger partial charge is 0.388 e. The minimum absolute atomic E-state index is 0.203. The first-order valence-electron chi connectivity index (χ1n) is 6.31. The SMILES string of the molecule is Cc1ccc(NCC2(O)CCCCC2)cc1F. The van der Waals surface area contributed by atoms with E-state index in [9.17, 15) is 9.50 Å². The lowest BCUT2D eigenvalue weighted by Gasteiger charge is -2.32. The van der Waals surface area contributed by atoms with Gasteiger partial charge in [-0.3, -0.25) is 0 Å². The Balaban J connectivity index is 1.94. The van der Waals surface area contributed by atoms with Gasteiger partial charge in [-0.2, -0.15) is 0 Å². The van der Waals surface area contributed by atoms with Gasteiger partial charge < -0.3 is 10.4 Å². The van der Waals surface area contributed by atoms with Crippen LogP contribution in [0.2, 0.25) is 0 Å². The summed E-state index contributed by atoms with van der Waals surface area (Å²) in [4.78, 5) is 0.